The number of piperazine rings is 1. The minimum atomic E-state index is -0.459. The zero-order valence-electron chi connectivity index (χ0n) is 18.4. The Hall–Kier alpha value is -3.00. The number of esters is 1. The first-order valence-corrected chi connectivity index (χ1v) is 11.5. The standard InChI is InChI=1S/C24H30N4O4/c1-2-20(29)32-18(14-26-9-11-27(12-10-26)19-5-3-4-8-25-19)15-28-23(30)21-16-6-7-17(13-16)22(21)24(28)31/h3-8,16-18,30-31H,2,9-15H2,1H3/t16-,17?,18?/m0/s1. The number of hydrogen-bond donors (Lipinski definition) is 2. The second kappa shape index (κ2) is 8.50. The van der Waals surface area contributed by atoms with E-state index in [0.29, 0.717) is 6.54 Å². The van der Waals surface area contributed by atoms with Crippen LogP contribution < -0.4 is 4.90 Å². The van der Waals surface area contributed by atoms with E-state index in [1.54, 1.807) is 13.1 Å². The number of pyridine rings is 1. The minimum absolute atomic E-state index is 0.104. The lowest BCUT2D eigenvalue weighted by Crippen LogP contribution is -2.49. The summed E-state index contributed by atoms with van der Waals surface area (Å²) in [5.41, 5.74) is 1.67. The number of allylic oxidation sites excluding steroid dienone is 2. The van der Waals surface area contributed by atoms with Crippen LogP contribution in [0, 0.1) is 0 Å². The summed E-state index contributed by atoms with van der Waals surface area (Å²) >= 11 is 0. The van der Waals surface area contributed by atoms with Crippen molar-refractivity contribution in [3.8, 4) is 11.8 Å². The molecule has 2 aromatic rings. The SMILES string of the molecule is CCC(=O)OC(CN1CCN(c2ccccn2)CC1)Cn1c(O)c2c(c1O)[C@H]1C=CC2C1. The van der Waals surface area contributed by atoms with Gasteiger partial charge < -0.3 is 19.8 Å². The van der Waals surface area contributed by atoms with Gasteiger partial charge in [0.1, 0.15) is 11.9 Å². The van der Waals surface area contributed by atoms with E-state index >= 15 is 0 Å². The van der Waals surface area contributed by atoms with Crippen LogP contribution in [-0.2, 0) is 16.1 Å². The molecule has 2 aromatic heterocycles. The third-order valence-corrected chi connectivity index (χ3v) is 6.89. The molecule has 2 bridgehead atoms. The maximum Gasteiger partial charge on any atom is 0.305 e. The minimum Gasteiger partial charge on any atom is -0.494 e. The summed E-state index contributed by atoms with van der Waals surface area (Å²) in [7, 11) is 0. The van der Waals surface area contributed by atoms with Crippen LogP contribution in [0.3, 0.4) is 0 Å². The van der Waals surface area contributed by atoms with Gasteiger partial charge in [-0.1, -0.05) is 25.1 Å². The van der Waals surface area contributed by atoms with Gasteiger partial charge in [0.15, 0.2) is 11.8 Å². The van der Waals surface area contributed by atoms with Gasteiger partial charge in [0.2, 0.25) is 0 Å². The molecular weight excluding hydrogens is 408 g/mol. The molecule has 8 nitrogen and oxygen atoms in total. The van der Waals surface area contributed by atoms with Crippen molar-refractivity contribution in [2.45, 2.75) is 44.2 Å². The molecule has 0 radical (unpaired) electrons. The molecule has 8 heteroatoms. The van der Waals surface area contributed by atoms with E-state index in [9.17, 15) is 15.0 Å². The van der Waals surface area contributed by atoms with Crippen LogP contribution in [0.4, 0.5) is 5.82 Å². The van der Waals surface area contributed by atoms with Crippen LogP contribution in [0.2, 0.25) is 0 Å². The Morgan fingerprint density at radius 2 is 1.78 bits per heavy atom. The smallest absolute Gasteiger partial charge is 0.305 e. The van der Waals surface area contributed by atoms with E-state index < -0.39 is 6.10 Å². The number of nitrogens with zero attached hydrogens (tertiary/aromatic N) is 4. The predicted octanol–water partition coefficient (Wildman–Crippen LogP) is 2.58. The Bertz CT molecular complexity index is 975. The second-order valence-electron chi connectivity index (χ2n) is 8.86. The molecule has 0 saturated carbocycles. The van der Waals surface area contributed by atoms with Crippen molar-refractivity contribution in [2.24, 2.45) is 0 Å². The average molecular weight is 439 g/mol. The molecule has 1 fully saturated rings. The summed E-state index contributed by atoms with van der Waals surface area (Å²) in [5.74, 6) is 1.24. The Balaban J connectivity index is 1.28. The Morgan fingerprint density at radius 1 is 1.09 bits per heavy atom. The van der Waals surface area contributed by atoms with Gasteiger partial charge in [-0.2, -0.15) is 0 Å². The van der Waals surface area contributed by atoms with Crippen LogP contribution in [0.5, 0.6) is 11.8 Å². The molecule has 2 unspecified atom stereocenters. The zero-order valence-corrected chi connectivity index (χ0v) is 18.4. The predicted molar refractivity (Wildman–Crippen MR) is 120 cm³/mol. The summed E-state index contributed by atoms with van der Waals surface area (Å²) in [4.78, 5) is 21.1. The fourth-order valence-electron chi connectivity index (χ4n) is 5.26. The highest BCUT2D eigenvalue weighted by atomic mass is 16.5. The van der Waals surface area contributed by atoms with Gasteiger partial charge in [0.25, 0.3) is 0 Å². The summed E-state index contributed by atoms with van der Waals surface area (Å²) in [6.45, 7) is 5.89. The van der Waals surface area contributed by atoms with Gasteiger partial charge in [0, 0.05) is 68.3 Å². The molecule has 3 atom stereocenters. The molecule has 2 N–H and O–H groups in total. The fraction of sp³-hybridized carbons (Fsp3) is 0.500. The number of hydrogen-bond acceptors (Lipinski definition) is 7. The monoisotopic (exact) mass is 438 g/mol. The molecule has 0 aromatic carbocycles. The third-order valence-electron chi connectivity index (χ3n) is 6.89. The molecule has 170 valence electrons. The average Bonchev–Trinajstić information content (AvgIpc) is 3.50. The number of ether oxygens (including phenoxy) is 1. The van der Waals surface area contributed by atoms with E-state index in [-0.39, 0.29) is 42.5 Å². The van der Waals surface area contributed by atoms with Crippen molar-refractivity contribution in [3.63, 3.8) is 0 Å². The van der Waals surface area contributed by atoms with Gasteiger partial charge in [0.05, 0.1) is 6.54 Å². The fourth-order valence-corrected chi connectivity index (χ4v) is 5.26. The van der Waals surface area contributed by atoms with Crippen LogP contribution in [0.25, 0.3) is 0 Å². The molecule has 3 aliphatic rings. The van der Waals surface area contributed by atoms with Crippen LogP contribution in [0.15, 0.2) is 36.5 Å². The van der Waals surface area contributed by atoms with Crippen LogP contribution >= 0.6 is 0 Å². The van der Waals surface area contributed by atoms with Gasteiger partial charge >= 0.3 is 5.97 Å². The molecule has 0 amide bonds. The Labute approximate surface area is 187 Å². The molecule has 1 aliphatic heterocycles. The summed E-state index contributed by atoms with van der Waals surface area (Å²) in [6, 6.07) is 5.92. The molecular formula is C24H30N4O4. The van der Waals surface area contributed by atoms with Crippen LogP contribution in [0.1, 0.15) is 42.7 Å². The molecule has 32 heavy (non-hydrogen) atoms. The quantitative estimate of drug-likeness (QED) is 0.507. The Kier molecular flexibility index (Phi) is 5.55. The van der Waals surface area contributed by atoms with Crippen molar-refractivity contribution in [2.75, 3.05) is 37.6 Å². The number of aromatic hydroxyl groups is 2. The van der Waals surface area contributed by atoms with Crippen molar-refractivity contribution in [3.05, 3.63) is 47.7 Å². The third kappa shape index (κ3) is 3.72. The normalized spacial score (nSPS) is 22.8. The molecule has 0 spiro atoms. The lowest BCUT2D eigenvalue weighted by Gasteiger charge is -2.36. The van der Waals surface area contributed by atoms with Crippen LogP contribution in [-0.4, -0.2) is 69.5 Å². The number of fused-ring (bicyclic) bond motifs is 5. The highest BCUT2D eigenvalue weighted by Crippen LogP contribution is 2.56. The number of anilines is 1. The van der Waals surface area contributed by atoms with E-state index in [1.165, 1.54) is 4.57 Å². The van der Waals surface area contributed by atoms with Gasteiger partial charge in [-0.15, -0.1) is 0 Å². The summed E-state index contributed by atoms with van der Waals surface area (Å²) in [5, 5.41) is 21.7. The van der Waals surface area contributed by atoms with Crippen molar-refractivity contribution >= 4 is 11.8 Å². The maximum atomic E-state index is 12.1. The highest BCUT2D eigenvalue weighted by Gasteiger charge is 2.41. The molecule has 5 rings (SSSR count). The maximum absolute atomic E-state index is 12.1. The molecule has 2 aliphatic carbocycles. The first kappa shape index (κ1) is 20.9. The van der Waals surface area contributed by atoms with E-state index in [4.69, 9.17) is 4.74 Å². The zero-order chi connectivity index (χ0) is 22.2. The van der Waals surface area contributed by atoms with Gasteiger partial charge in [-0.05, 0) is 18.6 Å². The van der Waals surface area contributed by atoms with E-state index in [1.807, 2.05) is 18.2 Å². The number of rotatable bonds is 7. The van der Waals surface area contributed by atoms with Gasteiger partial charge in [-0.3, -0.25) is 14.3 Å². The molecule has 3 heterocycles. The number of carbonyl (C=O) groups is 1. The molecule has 1 saturated heterocycles. The summed E-state index contributed by atoms with van der Waals surface area (Å²) < 4.78 is 7.26. The van der Waals surface area contributed by atoms with E-state index in [2.05, 4.69) is 26.9 Å². The number of carbonyl (C=O) groups excluding carboxylic acids is 1. The largest absolute Gasteiger partial charge is 0.494 e. The topological polar surface area (TPSA) is 91.1 Å². The van der Waals surface area contributed by atoms with Crippen molar-refractivity contribution in [1.29, 1.82) is 0 Å². The summed E-state index contributed by atoms with van der Waals surface area (Å²) in [6.07, 6.45) is 6.76. The van der Waals surface area contributed by atoms with Gasteiger partial charge in [-0.25, -0.2) is 4.98 Å². The number of aromatic nitrogens is 2. The highest BCUT2D eigenvalue weighted by molar-refractivity contribution is 5.69. The Morgan fingerprint density at radius 3 is 2.38 bits per heavy atom. The first-order chi connectivity index (χ1) is 15.5. The lowest BCUT2D eigenvalue weighted by molar-refractivity contribution is -0.150. The van der Waals surface area contributed by atoms with Crippen molar-refractivity contribution in [1.82, 2.24) is 14.5 Å². The van der Waals surface area contributed by atoms with E-state index in [0.717, 1.165) is 49.5 Å². The lowest BCUT2D eigenvalue weighted by atomic mass is 10.0. The first-order valence-electron chi connectivity index (χ1n) is 11.5. The second-order valence-corrected chi connectivity index (χ2v) is 8.86. The van der Waals surface area contributed by atoms with Crippen molar-refractivity contribution < 1.29 is 19.7 Å².